The first-order valence-corrected chi connectivity index (χ1v) is 8.34. The van der Waals surface area contributed by atoms with Gasteiger partial charge in [-0.15, -0.1) is 0 Å². The van der Waals surface area contributed by atoms with Crippen molar-refractivity contribution in [2.45, 2.75) is 18.9 Å². The van der Waals surface area contributed by atoms with Gasteiger partial charge < -0.3 is 4.90 Å². The fourth-order valence-electron chi connectivity index (χ4n) is 3.69. The molecule has 24 heavy (non-hydrogen) atoms. The molecular formula is C18H24N6. The molecule has 126 valence electrons. The van der Waals surface area contributed by atoms with Gasteiger partial charge in [-0.05, 0) is 44.5 Å². The molecule has 0 spiro atoms. The van der Waals surface area contributed by atoms with Gasteiger partial charge in [0.05, 0.1) is 11.8 Å². The van der Waals surface area contributed by atoms with Gasteiger partial charge in [0.15, 0.2) is 0 Å². The topological polar surface area (TPSA) is 61.0 Å². The fourth-order valence-corrected chi connectivity index (χ4v) is 3.69. The van der Waals surface area contributed by atoms with Crippen LogP contribution >= 0.6 is 0 Å². The summed E-state index contributed by atoms with van der Waals surface area (Å²) in [6.45, 7) is 2.05. The maximum Gasteiger partial charge on any atom is 0.128 e. The molecule has 2 aromatic rings. The summed E-state index contributed by atoms with van der Waals surface area (Å²) >= 11 is 0. The third-order valence-electron chi connectivity index (χ3n) is 4.85. The Morgan fingerprint density at radius 1 is 1.33 bits per heavy atom. The smallest absolute Gasteiger partial charge is 0.128 e. The van der Waals surface area contributed by atoms with E-state index in [0.717, 1.165) is 18.9 Å². The van der Waals surface area contributed by atoms with Crippen LogP contribution in [0.5, 0.6) is 0 Å². The van der Waals surface area contributed by atoms with Crippen LogP contribution in [0, 0.1) is 17.2 Å². The molecule has 3 rings (SSSR count). The Morgan fingerprint density at radius 2 is 2.17 bits per heavy atom. The molecule has 0 amide bonds. The van der Waals surface area contributed by atoms with E-state index in [4.69, 9.17) is 5.26 Å². The highest BCUT2D eigenvalue weighted by atomic mass is 15.3. The number of pyridine rings is 1. The molecule has 1 fully saturated rings. The number of nitrogens with zero attached hydrogens (tertiary/aromatic N) is 6. The van der Waals surface area contributed by atoms with Gasteiger partial charge in [0.2, 0.25) is 0 Å². The van der Waals surface area contributed by atoms with Crippen molar-refractivity contribution in [3.05, 3.63) is 41.9 Å². The molecule has 0 radical (unpaired) electrons. The number of hydrogen-bond donors (Lipinski definition) is 0. The van der Waals surface area contributed by atoms with Gasteiger partial charge in [0.25, 0.3) is 0 Å². The normalized spacial score (nSPS) is 21.4. The molecule has 0 bridgehead atoms. The zero-order valence-electron chi connectivity index (χ0n) is 14.6. The molecule has 3 heterocycles. The average molecular weight is 324 g/mol. The Hall–Kier alpha value is -2.39. The zero-order chi connectivity index (χ0) is 17.1. The maximum absolute atomic E-state index is 8.90. The molecule has 0 aliphatic carbocycles. The number of hydrogen-bond acceptors (Lipinski definition) is 5. The van der Waals surface area contributed by atoms with Gasteiger partial charge in [0, 0.05) is 44.6 Å². The highest BCUT2D eigenvalue weighted by Gasteiger charge is 2.32. The minimum atomic E-state index is 0.383. The highest BCUT2D eigenvalue weighted by molar-refractivity contribution is 5.41. The van der Waals surface area contributed by atoms with Crippen molar-refractivity contribution < 1.29 is 0 Å². The molecule has 0 unspecified atom stereocenters. The van der Waals surface area contributed by atoms with Crippen LogP contribution in [0.15, 0.2) is 30.7 Å². The van der Waals surface area contributed by atoms with Crippen LogP contribution in [0.2, 0.25) is 0 Å². The Balaban J connectivity index is 1.76. The van der Waals surface area contributed by atoms with Gasteiger partial charge in [-0.25, -0.2) is 4.98 Å². The van der Waals surface area contributed by atoms with E-state index in [2.05, 4.69) is 46.2 Å². The highest BCUT2D eigenvalue weighted by Crippen LogP contribution is 2.35. The quantitative estimate of drug-likeness (QED) is 0.863. The summed E-state index contributed by atoms with van der Waals surface area (Å²) in [4.78, 5) is 9.03. The Morgan fingerprint density at radius 3 is 2.79 bits per heavy atom. The van der Waals surface area contributed by atoms with E-state index in [1.807, 2.05) is 30.1 Å². The minimum Gasteiger partial charge on any atom is -0.359 e. The first kappa shape index (κ1) is 16.5. The predicted molar refractivity (Wildman–Crippen MR) is 93.5 cm³/mol. The van der Waals surface area contributed by atoms with Crippen LogP contribution in [-0.2, 0) is 7.05 Å². The van der Waals surface area contributed by atoms with Crippen LogP contribution in [0.25, 0.3) is 0 Å². The monoisotopic (exact) mass is 324 g/mol. The third-order valence-corrected chi connectivity index (χ3v) is 4.85. The second kappa shape index (κ2) is 7.02. The lowest BCUT2D eigenvalue weighted by Crippen LogP contribution is -2.41. The number of nitriles is 1. The van der Waals surface area contributed by atoms with Gasteiger partial charge >= 0.3 is 0 Å². The molecule has 6 nitrogen and oxygen atoms in total. The second-order valence-corrected chi connectivity index (χ2v) is 6.67. The molecule has 1 aliphatic heterocycles. The number of aryl methyl sites for hydroxylation is 1. The van der Waals surface area contributed by atoms with Crippen molar-refractivity contribution in [1.29, 1.82) is 5.26 Å². The number of anilines is 1. The zero-order valence-corrected chi connectivity index (χ0v) is 14.6. The third kappa shape index (κ3) is 3.41. The molecule has 0 saturated carbocycles. The first-order chi connectivity index (χ1) is 11.6. The Kier molecular flexibility index (Phi) is 4.81. The van der Waals surface area contributed by atoms with Gasteiger partial charge in [-0.3, -0.25) is 9.58 Å². The van der Waals surface area contributed by atoms with Crippen molar-refractivity contribution >= 4 is 5.82 Å². The van der Waals surface area contributed by atoms with Crippen molar-refractivity contribution in [1.82, 2.24) is 19.7 Å². The largest absolute Gasteiger partial charge is 0.359 e. The van der Waals surface area contributed by atoms with Crippen LogP contribution < -0.4 is 4.90 Å². The van der Waals surface area contributed by atoms with Gasteiger partial charge in [-0.2, -0.15) is 10.4 Å². The number of piperidine rings is 1. The van der Waals surface area contributed by atoms with Crippen molar-refractivity contribution in [3.63, 3.8) is 0 Å². The SMILES string of the molecule is CN(C[C@@H]1CCCN(C)[C@H]1c1cnn(C)c1)c1ccc(C#N)cn1. The van der Waals surface area contributed by atoms with Gasteiger partial charge in [0.1, 0.15) is 11.9 Å². The van der Waals surface area contributed by atoms with Crippen LogP contribution in [0.1, 0.15) is 30.0 Å². The Bertz CT molecular complexity index is 714. The van der Waals surface area contributed by atoms with Crippen LogP contribution in [0.4, 0.5) is 5.82 Å². The van der Waals surface area contributed by atoms with Crippen molar-refractivity contribution in [3.8, 4) is 6.07 Å². The van der Waals surface area contributed by atoms with E-state index in [1.54, 1.807) is 6.20 Å². The minimum absolute atomic E-state index is 0.383. The Labute approximate surface area is 143 Å². The summed E-state index contributed by atoms with van der Waals surface area (Å²) in [6.07, 6.45) is 8.16. The van der Waals surface area contributed by atoms with E-state index < -0.39 is 0 Å². The van der Waals surface area contributed by atoms with Crippen molar-refractivity contribution in [2.75, 3.05) is 32.1 Å². The molecule has 1 saturated heterocycles. The van der Waals surface area contributed by atoms with E-state index in [0.29, 0.717) is 17.5 Å². The predicted octanol–water partition coefficient (Wildman–Crippen LogP) is 2.21. The number of rotatable bonds is 4. The molecule has 2 aromatic heterocycles. The lowest BCUT2D eigenvalue weighted by atomic mass is 9.86. The summed E-state index contributed by atoms with van der Waals surface area (Å²) < 4.78 is 1.88. The van der Waals surface area contributed by atoms with Crippen molar-refractivity contribution in [2.24, 2.45) is 13.0 Å². The first-order valence-electron chi connectivity index (χ1n) is 8.34. The fraction of sp³-hybridized carbons (Fsp3) is 0.500. The lowest BCUT2D eigenvalue weighted by molar-refractivity contribution is 0.124. The summed E-state index contributed by atoms with van der Waals surface area (Å²) in [6, 6.07) is 6.24. The van der Waals surface area contributed by atoms with Gasteiger partial charge in [-0.1, -0.05) is 0 Å². The standard InChI is InChI=1S/C18H24N6/c1-22-8-4-5-15(18(22)16-11-21-24(3)13-16)12-23(2)17-7-6-14(9-19)10-20-17/h6-7,10-11,13,15,18H,4-5,8,12H2,1-3H3/t15-,18+/m0/s1. The van der Waals surface area contributed by atoms with E-state index in [9.17, 15) is 0 Å². The van der Waals surface area contributed by atoms with E-state index in [-0.39, 0.29) is 0 Å². The van der Waals surface area contributed by atoms with E-state index >= 15 is 0 Å². The molecule has 6 heteroatoms. The summed E-state index contributed by atoms with van der Waals surface area (Å²) in [7, 11) is 6.24. The van der Waals surface area contributed by atoms with Crippen LogP contribution in [0.3, 0.4) is 0 Å². The summed E-state index contributed by atoms with van der Waals surface area (Å²) in [5.74, 6) is 1.43. The van der Waals surface area contributed by atoms with Crippen LogP contribution in [-0.4, -0.2) is 46.8 Å². The summed E-state index contributed by atoms with van der Waals surface area (Å²) in [5.41, 5.74) is 1.88. The summed E-state index contributed by atoms with van der Waals surface area (Å²) in [5, 5.41) is 13.3. The second-order valence-electron chi connectivity index (χ2n) is 6.67. The molecule has 0 aromatic carbocycles. The molecule has 1 aliphatic rings. The average Bonchev–Trinajstić information content (AvgIpc) is 3.01. The molecule has 0 N–H and O–H groups in total. The van der Waals surface area contributed by atoms with E-state index in [1.165, 1.54) is 18.4 Å². The number of likely N-dealkylation sites (tertiary alicyclic amines) is 1. The molecule has 2 atom stereocenters. The lowest BCUT2D eigenvalue weighted by Gasteiger charge is -2.40. The number of aromatic nitrogens is 3. The maximum atomic E-state index is 8.90. The molecular weight excluding hydrogens is 300 g/mol.